The minimum absolute atomic E-state index is 0.0685. The van der Waals surface area contributed by atoms with Crippen molar-refractivity contribution in [2.45, 2.75) is 38.2 Å². The van der Waals surface area contributed by atoms with Crippen LogP contribution in [0.2, 0.25) is 0 Å². The third-order valence-electron chi connectivity index (χ3n) is 6.55. The predicted molar refractivity (Wildman–Crippen MR) is 111 cm³/mol. The predicted octanol–water partition coefficient (Wildman–Crippen LogP) is 4.51. The number of β-amino-alcohol motifs (C(OH)–C–C–N with tert-alkyl or cyclic N) is 1. The van der Waals surface area contributed by atoms with Crippen LogP contribution in [0.25, 0.3) is 22.2 Å². The second-order valence-electron chi connectivity index (χ2n) is 8.68. The molecule has 1 saturated carbocycles. The molecule has 1 aromatic heterocycles. The Morgan fingerprint density at radius 1 is 1.17 bits per heavy atom. The Balaban J connectivity index is 1.50. The van der Waals surface area contributed by atoms with Gasteiger partial charge in [0.25, 0.3) is 0 Å². The summed E-state index contributed by atoms with van der Waals surface area (Å²) in [5.74, 6) is -0.464. The number of rotatable bonds is 3. The average molecular weight is 410 g/mol. The van der Waals surface area contributed by atoms with Crippen molar-refractivity contribution in [3.63, 3.8) is 0 Å². The summed E-state index contributed by atoms with van der Waals surface area (Å²) in [7, 11) is 0. The monoisotopic (exact) mass is 410 g/mol. The van der Waals surface area contributed by atoms with E-state index in [1.54, 1.807) is 17.0 Å². The zero-order valence-corrected chi connectivity index (χ0v) is 16.8. The molecule has 30 heavy (non-hydrogen) atoms. The van der Waals surface area contributed by atoms with E-state index in [1.807, 2.05) is 13.0 Å². The van der Waals surface area contributed by atoms with Gasteiger partial charge in [0.15, 0.2) is 0 Å². The molecule has 2 N–H and O–H groups in total. The van der Waals surface area contributed by atoms with Crippen molar-refractivity contribution in [2.24, 2.45) is 5.92 Å². The van der Waals surface area contributed by atoms with Crippen molar-refractivity contribution >= 4 is 16.8 Å². The maximum absolute atomic E-state index is 14.7. The Kier molecular flexibility index (Phi) is 4.62. The highest BCUT2D eigenvalue weighted by Crippen LogP contribution is 2.49. The van der Waals surface area contributed by atoms with Crippen LogP contribution >= 0.6 is 0 Å². The van der Waals surface area contributed by atoms with E-state index in [1.165, 1.54) is 18.2 Å². The average Bonchev–Trinajstić information content (AvgIpc) is 3.26. The number of hydrogen-bond acceptors (Lipinski definition) is 2. The number of aromatic amines is 1. The smallest absolute Gasteiger partial charge is 0.225 e. The molecule has 4 nitrogen and oxygen atoms in total. The summed E-state index contributed by atoms with van der Waals surface area (Å²) < 4.78 is 28.1. The number of benzene rings is 2. The lowest BCUT2D eigenvalue weighted by Crippen LogP contribution is -2.40. The van der Waals surface area contributed by atoms with Crippen LogP contribution in [0.3, 0.4) is 0 Å². The van der Waals surface area contributed by atoms with Crippen molar-refractivity contribution in [2.75, 3.05) is 13.1 Å². The molecule has 5 rings (SSSR count). The number of fused-ring (bicyclic) bond motifs is 1. The number of aromatic nitrogens is 1. The Labute approximate surface area is 173 Å². The van der Waals surface area contributed by atoms with E-state index in [2.05, 4.69) is 4.98 Å². The van der Waals surface area contributed by atoms with Gasteiger partial charge in [0.05, 0.1) is 17.3 Å². The number of halogens is 2. The molecule has 2 fully saturated rings. The highest BCUT2D eigenvalue weighted by Gasteiger charge is 2.41. The molecule has 2 heterocycles. The quantitative estimate of drug-likeness (QED) is 0.668. The number of aryl methyl sites for hydroxylation is 1. The molecule has 1 saturated heterocycles. The molecular weight excluding hydrogens is 386 g/mol. The molecule has 1 unspecified atom stereocenters. The van der Waals surface area contributed by atoms with Crippen LogP contribution in [-0.4, -0.2) is 40.1 Å². The normalized spacial score (nSPS) is 23.7. The summed E-state index contributed by atoms with van der Waals surface area (Å²) >= 11 is 0. The summed E-state index contributed by atoms with van der Waals surface area (Å²) in [6.07, 6.45) is 1.61. The number of aliphatic hydroxyl groups excluding tert-OH is 1. The number of H-pyrrole nitrogens is 1. The molecule has 0 bridgehead atoms. The zero-order chi connectivity index (χ0) is 21.0. The minimum Gasteiger partial charge on any atom is -0.391 e. The van der Waals surface area contributed by atoms with Crippen molar-refractivity contribution in [3.8, 4) is 11.3 Å². The van der Waals surface area contributed by atoms with Crippen molar-refractivity contribution in [3.05, 3.63) is 59.2 Å². The van der Waals surface area contributed by atoms with E-state index in [0.29, 0.717) is 37.9 Å². The molecule has 1 aliphatic carbocycles. The molecule has 1 aliphatic heterocycles. The molecule has 2 aromatic carbocycles. The first-order valence-electron chi connectivity index (χ1n) is 10.4. The summed E-state index contributed by atoms with van der Waals surface area (Å²) in [6, 6.07) is 9.67. The fourth-order valence-corrected chi connectivity index (χ4v) is 4.93. The molecule has 156 valence electrons. The SMILES string of the molecule is Cc1cc(F)c2[nH]c(-c3ccc(F)cc3)c(C3CC(C(=O)N4CCC(O)C4)C3)c2c1. The van der Waals surface area contributed by atoms with Crippen LogP contribution in [0, 0.1) is 24.5 Å². The van der Waals surface area contributed by atoms with Crippen LogP contribution in [-0.2, 0) is 4.79 Å². The van der Waals surface area contributed by atoms with E-state index < -0.39 is 6.10 Å². The van der Waals surface area contributed by atoms with E-state index in [9.17, 15) is 18.7 Å². The number of amides is 1. The van der Waals surface area contributed by atoms with E-state index in [4.69, 9.17) is 0 Å². The van der Waals surface area contributed by atoms with E-state index >= 15 is 0 Å². The molecule has 2 aliphatic rings. The van der Waals surface area contributed by atoms with E-state index in [0.717, 1.165) is 27.8 Å². The molecule has 3 aromatic rings. The molecular formula is C24H24F2N2O2. The van der Waals surface area contributed by atoms with Gasteiger partial charge < -0.3 is 15.0 Å². The number of carbonyl (C=O) groups excluding carboxylic acids is 1. The van der Waals surface area contributed by atoms with Gasteiger partial charge in [-0.05, 0) is 85.2 Å². The van der Waals surface area contributed by atoms with Gasteiger partial charge in [-0.15, -0.1) is 0 Å². The summed E-state index contributed by atoms with van der Waals surface area (Å²) in [4.78, 5) is 17.7. The lowest BCUT2D eigenvalue weighted by atomic mass is 9.69. The highest BCUT2D eigenvalue weighted by atomic mass is 19.1. The van der Waals surface area contributed by atoms with Crippen molar-refractivity contribution in [1.82, 2.24) is 9.88 Å². The summed E-state index contributed by atoms with van der Waals surface area (Å²) in [5, 5.41) is 10.5. The Bertz CT molecular complexity index is 1120. The van der Waals surface area contributed by atoms with Crippen LogP contribution in [0.1, 0.15) is 36.3 Å². The van der Waals surface area contributed by atoms with Gasteiger partial charge in [0.1, 0.15) is 11.6 Å². The molecule has 1 amide bonds. The lowest BCUT2D eigenvalue weighted by Gasteiger charge is -2.37. The minimum atomic E-state index is -0.422. The van der Waals surface area contributed by atoms with Gasteiger partial charge in [-0.1, -0.05) is 0 Å². The first kappa shape index (κ1) is 19.2. The maximum atomic E-state index is 14.7. The first-order chi connectivity index (χ1) is 14.4. The van der Waals surface area contributed by atoms with E-state index in [-0.39, 0.29) is 29.4 Å². The fraction of sp³-hybridized carbons (Fsp3) is 0.375. The molecule has 0 radical (unpaired) electrons. The Morgan fingerprint density at radius 2 is 1.90 bits per heavy atom. The Morgan fingerprint density at radius 3 is 2.57 bits per heavy atom. The van der Waals surface area contributed by atoms with Gasteiger partial charge in [0.2, 0.25) is 5.91 Å². The number of nitrogens with zero attached hydrogens (tertiary/aromatic N) is 1. The van der Waals surface area contributed by atoms with Crippen LogP contribution < -0.4 is 0 Å². The fourth-order valence-electron chi connectivity index (χ4n) is 4.93. The van der Waals surface area contributed by atoms with Crippen LogP contribution in [0.5, 0.6) is 0 Å². The number of nitrogens with one attached hydrogen (secondary N) is 1. The van der Waals surface area contributed by atoms with Gasteiger partial charge in [-0.25, -0.2) is 8.78 Å². The number of aliphatic hydroxyl groups is 1. The second-order valence-corrected chi connectivity index (χ2v) is 8.68. The maximum Gasteiger partial charge on any atom is 0.225 e. The largest absolute Gasteiger partial charge is 0.391 e. The second kappa shape index (κ2) is 7.20. The van der Waals surface area contributed by atoms with Gasteiger partial charge in [-0.3, -0.25) is 4.79 Å². The molecule has 1 atom stereocenters. The van der Waals surface area contributed by atoms with Crippen molar-refractivity contribution < 1.29 is 18.7 Å². The third-order valence-corrected chi connectivity index (χ3v) is 6.55. The highest BCUT2D eigenvalue weighted by molar-refractivity contribution is 5.93. The third kappa shape index (κ3) is 3.19. The number of carbonyl (C=O) groups is 1. The molecule has 0 spiro atoms. The van der Waals surface area contributed by atoms with Gasteiger partial charge >= 0.3 is 0 Å². The van der Waals surface area contributed by atoms with Gasteiger partial charge in [-0.2, -0.15) is 0 Å². The van der Waals surface area contributed by atoms with Crippen LogP contribution in [0.4, 0.5) is 8.78 Å². The summed E-state index contributed by atoms with van der Waals surface area (Å²) in [6.45, 7) is 2.89. The zero-order valence-electron chi connectivity index (χ0n) is 16.8. The number of likely N-dealkylation sites (tertiary alicyclic amines) is 1. The number of hydrogen-bond donors (Lipinski definition) is 2. The Hall–Kier alpha value is -2.73. The first-order valence-corrected chi connectivity index (χ1v) is 10.4. The van der Waals surface area contributed by atoms with Crippen LogP contribution in [0.15, 0.2) is 36.4 Å². The van der Waals surface area contributed by atoms with Gasteiger partial charge in [0, 0.05) is 24.4 Å². The molecule has 6 heteroatoms. The lowest BCUT2D eigenvalue weighted by molar-refractivity contribution is -0.138. The summed E-state index contributed by atoms with van der Waals surface area (Å²) in [5.41, 5.74) is 3.89. The topological polar surface area (TPSA) is 56.3 Å². The van der Waals surface area contributed by atoms with Crippen molar-refractivity contribution in [1.29, 1.82) is 0 Å². The standard InChI is InChI=1S/C24H24F2N2O2/c1-13-8-19-21(15-10-16(11-15)24(30)28-7-6-18(29)12-28)22(27-23(19)20(26)9-13)14-2-4-17(25)5-3-14/h2-5,8-9,15-16,18,27,29H,6-7,10-12H2,1H3.